The van der Waals surface area contributed by atoms with Crippen LogP contribution in [0.2, 0.25) is 0 Å². The highest BCUT2D eigenvalue weighted by Crippen LogP contribution is 2.34. The van der Waals surface area contributed by atoms with Gasteiger partial charge in [-0.05, 0) is 19.1 Å². The van der Waals surface area contributed by atoms with Crippen molar-refractivity contribution in [1.82, 2.24) is 9.78 Å². The molecule has 0 aliphatic rings. The van der Waals surface area contributed by atoms with E-state index >= 15 is 0 Å². The standard InChI is InChI=1S/C12H14N4O3/c1-2-18-11-9(19-12(14)17)10(13)16(15-11)8-6-4-3-5-7-8/h3-7H,2,13H2,1H3,(H2,14,17). The van der Waals surface area contributed by atoms with Crippen molar-refractivity contribution >= 4 is 11.9 Å². The van der Waals surface area contributed by atoms with E-state index < -0.39 is 6.09 Å². The molecule has 1 amide bonds. The molecule has 100 valence electrons. The van der Waals surface area contributed by atoms with Crippen LogP contribution in [0.1, 0.15) is 6.92 Å². The van der Waals surface area contributed by atoms with E-state index in [9.17, 15) is 4.79 Å². The number of hydrogen-bond acceptors (Lipinski definition) is 5. The predicted octanol–water partition coefficient (Wildman–Crippen LogP) is 1.31. The van der Waals surface area contributed by atoms with Gasteiger partial charge < -0.3 is 20.9 Å². The lowest BCUT2D eigenvalue weighted by Crippen LogP contribution is -2.17. The molecule has 0 bridgehead atoms. The number of anilines is 1. The number of nitrogens with two attached hydrogens (primary N) is 2. The number of carbonyl (C=O) groups is 1. The Morgan fingerprint density at radius 2 is 2.05 bits per heavy atom. The Balaban J connectivity index is 2.49. The zero-order valence-electron chi connectivity index (χ0n) is 10.4. The van der Waals surface area contributed by atoms with E-state index in [0.717, 1.165) is 5.69 Å². The van der Waals surface area contributed by atoms with Crippen LogP contribution in [0.3, 0.4) is 0 Å². The number of ether oxygens (including phenoxy) is 2. The van der Waals surface area contributed by atoms with Gasteiger partial charge in [0.1, 0.15) is 0 Å². The van der Waals surface area contributed by atoms with Gasteiger partial charge in [-0.3, -0.25) is 0 Å². The number of amides is 1. The fraction of sp³-hybridized carbons (Fsp3) is 0.167. The molecule has 0 unspecified atom stereocenters. The van der Waals surface area contributed by atoms with Gasteiger partial charge >= 0.3 is 6.09 Å². The van der Waals surface area contributed by atoms with Gasteiger partial charge in [0.15, 0.2) is 5.82 Å². The van der Waals surface area contributed by atoms with Crippen molar-refractivity contribution in [3.8, 4) is 17.3 Å². The van der Waals surface area contributed by atoms with E-state index in [0.29, 0.717) is 6.61 Å². The first-order valence-electron chi connectivity index (χ1n) is 5.67. The van der Waals surface area contributed by atoms with Crippen LogP contribution in [0.4, 0.5) is 10.6 Å². The average Bonchev–Trinajstić information content (AvgIpc) is 2.69. The molecule has 19 heavy (non-hydrogen) atoms. The Hall–Kier alpha value is -2.70. The molecule has 7 heteroatoms. The molecule has 0 fully saturated rings. The Bertz CT molecular complexity index is 580. The van der Waals surface area contributed by atoms with Gasteiger partial charge in [-0.1, -0.05) is 18.2 Å². The molecule has 2 aromatic rings. The number of nitrogens with zero attached hydrogens (tertiary/aromatic N) is 2. The van der Waals surface area contributed by atoms with Gasteiger partial charge in [0.05, 0.1) is 12.3 Å². The van der Waals surface area contributed by atoms with Crippen molar-refractivity contribution in [3.63, 3.8) is 0 Å². The quantitative estimate of drug-likeness (QED) is 0.864. The summed E-state index contributed by atoms with van der Waals surface area (Å²) < 4.78 is 11.5. The predicted molar refractivity (Wildman–Crippen MR) is 69.4 cm³/mol. The zero-order chi connectivity index (χ0) is 13.8. The van der Waals surface area contributed by atoms with E-state index in [1.807, 2.05) is 30.3 Å². The molecule has 4 N–H and O–H groups in total. The Morgan fingerprint density at radius 3 is 2.63 bits per heavy atom. The third-order valence-electron chi connectivity index (χ3n) is 2.33. The number of carbonyl (C=O) groups excluding carboxylic acids is 1. The molecule has 0 aliphatic heterocycles. The monoisotopic (exact) mass is 262 g/mol. The zero-order valence-corrected chi connectivity index (χ0v) is 10.4. The Morgan fingerprint density at radius 1 is 1.37 bits per heavy atom. The first-order chi connectivity index (χ1) is 9.13. The summed E-state index contributed by atoms with van der Waals surface area (Å²) in [6.07, 6.45) is -0.972. The van der Waals surface area contributed by atoms with E-state index in [-0.39, 0.29) is 17.4 Å². The van der Waals surface area contributed by atoms with E-state index in [4.69, 9.17) is 20.9 Å². The summed E-state index contributed by atoms with van der Waals surface area (Å²) in [5.74, 6) is 0.300. The fourth-order valence-electron chi connectivity index (χ4n) is 1.59. The Kier molecular flexibility index (Phi) is 3.56. The second kappa shape index (κ2) is 5.30. The van der Waals surface area contributed by atoms with Gasteiger partial charge in [-0.2, -0.15) is 0 Å². The van der Waals surface area contributed by atoms with Crippen molar-refractivity contribution in [2.24, 2.45) is 5.73 Å². The average molecular weight is 262 g/mol. The summed E-state index contributed by atoms with van der Waals surface area (Å²) in [7, 11) is 0. The maximum Gasteiger partial charge on any atom is 0.410 e. The lowest BCUT2D eigenvalue weighted by molar-refractivity contribution is 0.207. The highest BCUT2D eigenvalue weighted by atomic mass is 16.6. The molecule has 1 aromatic heterocycles. The molecule has 0 atom stereocenters. The number of primary amides is 1. The molecule has 0 aliphatic carbocycles. The summed E-state index contributed by atoms with van der Waals surface area (Å²) in [5.41, 5.74) is 11.6. The van der Waals surface area contributed by atoms with Crippen LogP contribution in [-0.4, -0.2) is 22.5 Å². The van der Waals surface area contributed by atoms with Crippen LogP contribution >= 0.6 is 0 Å². The van der Waals surface area contributed by atoms with Crippen molar-refractivity contribution in [2.75, 3.05) is 12.3 Å². The van der Waals surface area contributed by atoms with E-state index in [1.54, 1.807) is 6.92 Å². The lowest BCUT2D eigenvalue weighted by Gasteiger charge is -2.03. The molecule has 0 saturated heterocycles. The lowest BCUT2D eigenvalue weighted by atomic mass is 10.3. The third-order valence-corrected chi connectivity index (χ3v) is 2.33. The molecule has 0 spiro atoms. The minimum atomic E-state index is -0.972. The fourth-order valence-corrected chi connectivity index (χ4v) is 1.59. The van der Waals surface area contributed by atoms with Gasteiger partial charge in [0, 0.05) is 0 Å². The summed E-state index contributed by atoms with van der Waals surface area (Å²) >= 11 is 0. The first kappa shape index (κ1) is 12.7. The number of para-hydroxylation sites is 1. The van der Waals surface area contributed by atoms with Gasteiger partial charge in [0.2, 0.25) is 5.75 Å². The molecule has 2 rings (SSSR count). The van der Waals surface area contributed by atoms with Crippen molar-refractivity contribution in [3.05, 3.63) is 30.3 Å². The molecular weight excluding hydrogens is 248 g/mol. The first-order valence-corrected chi connectivity index (χ1v) is 5.67. The maximum absolute atomic E-state index is 10.9. The van der Waals surface area contributed by atoms with Crippen LogP contribution in [0.15, 0.2) is 30.3 Å². The van der Waals surface area contributed by atoms with Crippen LogP contribution in [0.5, 0.6) is 11.6 Å². The minimum Gasteiger partial charge on any atom is -0.474 e. The molecule has 0 saturated carbocycles. The third kappa shape index (κ3) is 2.59. The van der Waals surface area contributed by atoms with Crippen LogP contribution < -0.4 is 20.9 Å². The second-order valence-electron chi connectivity index (χ2n) is 3.62. The van der Waals surface area contributed by atoms with Crippen LogP contribution in [-0.2, 0) is 0 Å². The maximum atomic E-state index is 10.9. The number of benzene rings is 1. The molecular formula is C12H14N4O3. The van der Waals surface area contributed by atoms with Crippen molar-refractivity contribution in [1.29, 1.82) is 0 Å². The van der Waals surface area contributed by atoms with Gasteiger partial charge in [0.25, 0.3) is 5.88 Å². The molecule has 1 aromatic carbocycles. The number of aromatic nitrogens is 2. The smallest absolute Gasteiger partial charge is 0.410 e. The summed E-state index contributed by atoms with van der Waals surface area (Å²) in [5, 5.41) is 4.16. The minimum absolute atomic E-state index is 0.0261. The number of nitrogen functional groups attached to an aromatic ring is 1. The van der Waals surface area contributed by atoms with E-state index in [1.165, 1.54) is 4.68 Å². The largest absolute Gasteiger partial charge is 0.474 e. The summed E-state index contributed by atoms with van der Waals surface area (Å²) in [4.78, 5) is 10.9. The Labute approximate surface area is 109 Å². The molecule has 7 nitrogen and oxygen atoms in total. The SMILES string of the molecule is CCOc1nn(-c2ccccc2)c(N)c1OC(N)=O. The van der Waals surface area contributed by atoms with Gasteiger partial charge in [-0.15, -0.1) is 5.10 Å². The topological polar surface area (TPSA) is 105 Å². The number of rotatable bonds is 4. The van der Waals surface area contributed by atoms with Crippen LogP contribution in [0, 0.1) is 0 Å². The summed E-state index contributed by atoms with van der Waals surface area (Å²) in [6.45, 7) is 2.14. The van der Waals surface area contributed by atoms with Crippen LogP contribution in [0.25, 0.3) is 5.69 Å². The molecule has 1 heterocycles. The van der Waals surface area contributed by atoms with E-state index in [2.05, 4.69) is 5.10 Å². The van der Waals surface area contributed by atoms with Crippen molar-refractivity contribution < 1.29 is 14.3 Å². The van der Waals surface area contributed by atoms with Gasteiger partial charge in [-0.25, -0.2) is 9.48 Å². The number of hydrogen-bond donors (Lipinski definition) is 2. The molecule has 0 radical (unpaired) electrons. The highest BCUT2D eigenvalue weighted by molar-refractivity contribution is 5.72. The second-order valence-corrected chi connectivity index (χ2v) is 3.62. The summed E-state index contributed by atoms with van der Waals surface area (Å²) in [6, 6.07) is 9.17. The van der Waals surface area contributed by atoms with Crippen molar-refractivity contribution in [2.45, 2.75) is 6.92 Å². The normalized spacial score (nSPS) is 10.2. The highest BCUT2D eigenvalue weighted by Gasteiger charge is 2.21.